The molecule has 0 spiro atoms. The van der Waals surface area contributed by atoms with E-state index in [9.17, 15) is 18.3 Å². The van der Waals surface area contributed by atoms with E-state index in [1.54, 1.807) is 0 Å². The summed E-state index contributed by atoms with van der Waals surface area (Å²) in [5.74, 6) is 1.14. The van der Waals surface area contributed by atoms with Crippen LogP contribution in [0.5, 0.6) is 0 Å². The first-order valence-corrected chi connectivity index (χ1v) is 11.2. The van der Waals surface area contributed by atoms with E-state index in [4.69, 9.17) is 0 Å². The van der Waals surface area contributed by atoms with Gasteiger partial charge < -0.3 is 20.3 Å². The molecule has 1 aliphatic carbocycles. The van der Waals surface area contributed by atoms with Crippen molar-refractivity contribution < 1.29 is 18.3 Å². The lowest BCUT2D eigenvalue weighted by molar-refractivity contribution is -0.272. The van der Waals surface area contributed by atoms with Crippen molar-refractivity contribution in [2.24, 2.45) is 12.0 Å². The van der Waals surface area contributed by atoms with Crippen LogP contribution in [0.25, 0.3) is 0 Å². The van der Waals surface area contributed by atoms with Crippen LogP contribution < -0.4 is 10.6 Å². The number of guanidine groups is 1. The summed E-state index contributed by atoms with van der Waals surface area (Å²) in [4.78, 5) is 8.03. The number of halogens is 3. The van der Waals surface area contributed by atoms with Crippen LogP contribution in [0.4, 0.5) is 13.2 Å². The molecule has 1 aliphatic rings. The van der Waals surface area contributed by atoms with Gasteiger partial charge in [-0.3, -0.25) is 4.99 Å². The Bertz CT molecular complexity index is 665. The third-order valence-electron chi connectivity index (χ3n) is 5.12. The fourth-order valence-electron chi connectivity index (χ4n) is 3.65. The molecule has 10 heteroatoms. The van der Waals surface area contributed by atoms with E-state index in [0.717, 1.165) is 25.0 Å². The first kappa shape index (κ1) is 23.9. The van der Waals surface area contributed by atoms with Crippen LogP contribution in [-0.2, 0) is 12.6 Å². The van der Waals surface area contributed by atoms with Gasteiger partial charge in [-0.15, -0.1) is 0 Å². The molecular formula is C19H32F3N5OS. The Hall–Kier alpha value is -1.42. The topological polar surface area (TPSA) is 74.5 Å². The number of aliphatic imine (C=N–C) groups is 1. The van der Waals surface area contributed by atoms with Crippen molar-refractivity contribution in [1.29, 1.82) is 0 Å². The summed E-state index contributed by atoms with van der Waals surface area (Å²) in [6.07, 6.45) is 1.55. The molecule has 3 N–H and O–H groups in total. The Labute approximate surface area is 174 Å². The molecule has 3 unspecified atom stereocenters. The van der Waals surface area contributed by atoms with Crippen LogP contribution in [0.2, 0.25) is 0 Å². The summed E-state index contributed by atoms with van der Waals surface area (Å²) < 4.78 is 42.1. The molecule has 0 radical (unpaired) electrons. The molecule has 1 aromatic heterocycles. The first-order chi connectivity index (χ1) is 13.7. The SMILES string of the molecule is CCNC(=NCCC(O)(c1nccn1C)C(F)(F)F)NC1CCCC(SCC)C1. The lowest BCUT2D eigenvalue weighted by atomic mass is 9.95. The lowest BCUT2D eigenvalue weighted by Gasteiger charge is -2.31. The molecule has 0 amide bonds. The third kappa shape index (κ3) is 6.28. The zero-order valence-electron chi connectivity index (χ0n) is 17.3. The van der Waals surface area contributed by atoms with Crippen molar-refractivity contribution in [2.75, 3.05) is 18.8 Å². The molecule has 166 valence electrons. The van der Waals surface area contributed by atoms with Gasteiger partial charge in [0.25, 0.3) is 0 Å². The highest BCUT2D eigenvalue weighted by atomic mass is 32.2. The number of aryl methyl sites for hydroxylation is 1. The molecule has 6 nitrogen and oxygen atoms in total. The zero-order valence-corrected chi connectivity index (χ0v) is 18.1. The molecule has 3 atom stereocenters. The van der Waals surface area contributed by atoms with E-state index < -0.39 is 24.0 Å². The molecule has 0 aromatic carbocycles. The monoisotopic (exact) mass is 435 g/mol. The minimum absolute atomic E-state index is 0.182. The largest absolute Gasteiger partial charge is 0.424 e. The highest BCUT2D eigenvalue weighted by Crippen LogP contribution is 2.40. The number of hydrogen-bond acceptors (Lipinski definition) is 4. The predicted octanol–water partition coefficient (Wildman–Crippen LogP) is 3.18. The average Bonchev–Trinajstić information content (AvgIpc) is 3.08. The van der Waals surface area contributed by atoms with Crippen molar-refractivity contribution in [3.63, 3.8) is 0 Å². The molecule has 29 heavy (non-hydrogen) atoms. The number of alkyl halides is 3. The van der Waals surface area contributed by atoms with Crippen LogP contribution in [0.1, 0.15) is 51.8 Å². The molecule has 1 fully saturated rings. The van der Waals surface area contributed by atoms with Gasteiger partial charge in [-0.25, -0.2) is 4.98 Å². The maximum atomic E-state index is 13.6. The van der Waals surface area contributed by atoms with Gasteiger partial charge in [0.2, 0.25) is 5.60 Å². The van der Waals surface area contributed by atoms with Crippen LogP contribution in [0, 0.1) is 0 Å². The Balaban J connectivity index is 2.06. The number of aromatic nitrogens is 2. The second kappa shape index (κ2) is 10.6. The van der Waals surface area contributed by atoms with Crippen molar-refractivity contribution in [3.8, 4) is 0 Å². The Morgan fingerprint density at radius 2 is 2.14 bits per heavy atom. The number of nitrogens with zero attached hydrogens (tertiary/aromatic N) is 3. The number of thioether (sulfide) groups is 1. The van der Waals surface area contributed by atoms with E-state index in [1.807, 2.05) is 18.7 Å². The van der Waals surface area contributed by atoms with Gasteiger partial charge in [-0.2, -0.15) is 24.9 Å². The number of rotatable bonds is 8. The molecule has 1 saturated carbocycles. The van der Waals surface area contributed by atoms with E-state index in [2.05, 4.69) is 27.5 Å². The van der Waals surface area contributed by atoms with E-state index in [1.165, 1.54) is 30.4 Å². The third-order valence-corrected chi connectivity index (χ3v) is 6.35. The van der Waals surface area contributed by atoms with Gasteiger partial charge in [-0.05, 0) is 31.9 Å². The Morgan fingerprint density at radius 3 is 2.72 bits per heavy atom. The molecular weight excluding hydrogens is 403 g/mol. The minimum atomic E-state index is -4.85. The normalized spacial score (nSPS) is 22.9. The fraction of sp³-hybridized carbons (Fsp3) is 0.789. The van der Waals surface area contributed by atoms with Gasteiger partial charge in [0.05, 0.1) is 0 Å². The molecule has 0 aliphatic heterocycles. The summed E-state index contributed by atoms with van der Waals surface area (Å²) in [5.41, 5.74) is -3.04. The zero-order chi connectivity index (χ0) is 21.5. The van der Waals surface area contributed by atoms with Crippen LogP contribution in [0.3, 0.4) is 0 Å². The van der Waals surface area contributed by atoms with Crippen LogP contribution >= 0.6 is 11.8 Å². The Kier molecular flexibility index (Phi) is 8.69. The van der Waals surface area contributed by atoms with Crippen molar-refractivity contribution in [2.45, 2.75) is 69.0 Å². The number of hydrogen-bond donors (Lipinski definition) is 3. The van der Waals surface area contributed by atoms with Gasteiger partial charge in [0, 0.05) is 50.2 Å². The molecule has 2 rings (SSSR count). The van der Waals surface area contributed by atoms with Gasteiger partial charge in [0.15, 0.2) is 5.96 Å². The van der Waals surface area contributed by atoms with E-state index >= 15 is 0 Å². The highest BCUT2D eigenvalue weighted by Gasteiger charge is 2.57. The van der Waals surface area contributed by atoms with Crippen molar-refractivity contribution >= 4 is 17.7 Å². The highest BCUT2D eigenvalue weighted by molar-refractivity contribution is 7.99. The maximum Gasteiger partial charge on any atom is 0.424 e. The van der Waals surface area contributed by atoms with E-state index in [-0.39, 0.29) is 12.6 Å². The maximum absolute atomic E-state index is 13.6. The van der Waals surface area contributed by atoms with Gasteiger partial charge >= 0.3 is 6.18 Å². The summed E-state index contributed by atoms with van der Waals surface area (Å²) >= 11 is 1.95. The summed E-state index contributed by atoms with van der Waals surface area (Å²) in [6.45, 7) is 4.48. The van der Waals surface area contributed by atoms with Gasteiger partial charge in [0.1, 0.15) is 5.82 Å². The Morgan fingerprint density at radius 1 is 1.38 bits per heavy atom. The predicted molar refractivity (Wildman–Crippen MR) is 111 cm³/mol. The van der Waals surface area contributed by atoms with Crippen LogP contribution in [-0.4, -0.2) is 56.9 Å². The second-order valence-electron chi connectivity index (χ2n) is 7.32. The molecule has 1 heterocycles. The number of nitrogens with one attached hydrogen (secondary N) is 2. The summed E-state index contributed by atoms with van der Waals surface area (Å²) in [7, 11) is 1.43. The van der Waals surface area contributed by atoms with Crippen molar-refractivity contribution in [3.05, 3.63) is 18.2 Å². The lowest BCUT2D eigenvalue weighted by Crippen LogP contribution is -2.47. The molecule has 0 saturated heterocycles. The summed E-state index contributed by atoms with van der Waals surface area (Å²) in [5, 5.41) is 17.5. The van der Waals surface area contributed by atoms with Crippen molar-refractivity contribution in [1.82, 2.24) is 20.2 Å². The van der Waals surface area contributed by atoms with Crippen LogP contribution in [0.15, 0.2) is 17.4 Å². The molecule has 0 bridgehead atoms. The fourth-order valence-corrected chi connectivity index (χ4v) is 4.82. The minimum Gasteiger partial charge on any atom is -0.374 e. The van der Waals surface area contributed by atoms with E-state index in [0.29, 0.717) is 17.8 Å². The quantitative estimate of drug-likeness (QED) is 0.432. The number of aliphatic hydroxyl groups is 1. The molecule has 1 aromatic rings. The second-order valence-corrected chi connectivity index (χ2v) is 8.89. The standard InChI is InChI=1S/C19H32F3N5OS/c1-4-23-17(26-14-7-6-8-15(13-14)29-5-2)25-10-9-18(28,19(20,21)22)16-24-11-12-27(16)3/h11-12,14-15,28H,4-10,13H2,1-3H3,(H2,23,25,26). The number of imidazole rings is 1. The smallest absolute Gasteiger partial charge is 0.374 e. The summed E-state index contributed by atoms with van der Waals surface area (Å²) in [6, 6.07) is 0.252. The first-order valence-electron chi connectivity index (χ1n) is 10.1. The average molecular weight is 436 g/mol. The van der Waals surface area contributed by atoms with Gasteiger partial charge in [-0.1, -0.05) is 13.3 Å².